The second-order valence-electron chi connectivity index (χ2n) is 9.60. The highest BCUT2D eigenvalue weighted by Crippen LogP contribution is 2.30. The van der Waals surface area contributed by atoms with Crippen LogP contribution in [-0.4, -0.2) is 45.0 Å². The molecule has 0 N–H and O–H groups in total. The Hall–Kier alpha value is -4.17. The van der Waals surface area contributed by atoms with E-state index in [1.54, 1.807) is 30.3 Å². The van der Waals surface area contributed by atoms with Gasteiger partial charge >= 0.3 is 11.9 Å². The predicted molar refractivity (Wildman–Crippen MR) is 144 cm³/mol. The summed E-state index contributed by atoms with van der Waals surface area (Å²) >= 11 is 0. The first-order valence-electron chi connectivity index (χ1n) is 12.7. The van der Waals surface area contributed by atoms with E-state index in [1.165, 1.54) is 12.1 Å². The van der Waals surface area contributed by atoms with Gasteiger partial charge in [-0.25, -0.2) is 14.0 Å². The van der Waals surface area contributed by atoms with Crippen LogP contribution in [0.1, 0.15) is 30.1 Å². The molecule has 7 nitrogen and oxygen atoms in total. The molecule has 0 radical (unpaired) electrons. The van der Waals surface area contributed by atoms with Crippen molar-refractivity contribution in [1.82, 2.24) is 0 Å². The molecule has 204 valence electrons. The number of halogens is 1. The Bertz CT molecular complexity index is 1280. The Morgan fingerprint density at radius 1 is 0.923 bits per heavy atom. The van der Waals surface area contributed by atoms with E-state index < -0.39 is 17.8 Å². The average Bonchev–Trinajstić information content (AvgIpc) is 2.94. The predicted octanol–water partition coefficient (Wildman–Crippen LogP) is 6.02. The van der Waals surface area contributed by atoms with Crippen molar-refractivity contribution >= 4 is 11.9 Å². The third-order valence-corrected chi connectivity index (χ3v) is 6.12. The standard InChI is InChI=1S/C31H31FO7/c1-3-29(33)37-17-5-4-16-36-25-13-8-23(9-14-25)30(34)39-28-15-10-24(18-27(28)32)22-6-11-26(12-7-22)38-21-31(2)19-35-20-31/h3,6-15,18H,1,4-5,16-17,19-21H2,2H3. The lowest BCUT2D eigenvalue weighted by Crippen LogP contribution is -2.44. The summed E-state index contributed by atoms with van der Waals surface area (Å²) < 4.78 is 41.7. The van der Waals surface area contributed by atoms with Gasteiger partial charge in [0.2, 0.25) is 0 Å². The maximum atomic E-state index is 14.8. The number of esters is 2. The van der Waals surface area contributed by atoms with Crippen molar-refractivity contribution in [3.05, 3.63) is 90.8 Å². The highest BCUT2D eigenvalue weighted by atomic mass is 19.1. The minimum absolute atomic E-state index is 0.0520. The number of hydrogen-bond acceptors (Lipinski definition) is 7. The van der Waals surface area contributed by atoms with E-state index >= 15 is 0 Å². The summed E-state index contributed by atoms with van der Waals surface area (Å²) in [6.45, 7) is 8.15. The van der Waals surface area contributed by atoms with Crippen LogP contribution >= 0.6 is 0 Å². The molecule has 8 heteroatoms. The molecule has 0 atom stereocenters. The van der Waals surface area contributed by atoms with Crippen LogP contribution in [0.25, 0.3) is 11.1 Å². The van der Waals surface area contributed by atoms with E-state index in [-0.39, 0.29) is 16.7 Å². The molecule has 4 rings (SSSR count). The number of carbonyl (C=O) groups is 2. The minimum Gasteiger partial charge on any atom is -0.494 e. The lowest BCUT2D eigenvalue weighted by atomic mass is 9.90. The van der Waals surface area contributed by atoms with E-state index in [0.717, 1.165) is 17.4 Å². The van der Waals surface area contributed by atoms with Crippen LogP contribution in [0, 0.1) is 11.2 Å². The van der Waals surface area contributed by atoms with Gasteiger partial charge in [0.15, 0.2) is 11.6 Å². The fraction of sp³-hybridized carbons (Fsp3) is 0.290. The zero-order valence-corrected chi connectivity index (χ0v) is 21.8. The van der Waals surface area contributed by atoms with Crippen molar-refractivity contribution in [2.24, 2.45) is 5.41 Å². The van der Waals surface area contributed by atoms with Crippen molar-refractivity contribution in [2.45, 2.75) is 19.8 Å². The average molecular weight is 535 g/mol. The molecule has 1 fully saturated rings. The smallest absolute Gasteiger partial charge is 0.343 e. The Balaban J connectivity index is 1.25. The van der Waals surface area contributed by atoms with Gasteiger partial charge < -0.3 is 23.7 Å². The molecule has 0 aliphatic carbocycles. The molecule has 1 heterocycles. The third kappa shape index (κ3) is 7.91. The highest BCUT2D eigenvalue weighted by Gasteiger charge is 2.34. The molecule has 0 aromatic heterocycles. The van der Waals surface area contributed by atoms with Crippen molar-refractivity contribution in [3.8, 4) is 28.4 Å². The van der Waals surface area contributed by atoms with Crippen LogP contribution in [0.3, 0.4) is 0 Å². The van der Waals surface area contributed by atoms with Crippen LogP contribution in [0.4, 0.5) is 4.39 Å². The van der Waals surface area contributed by atoms with Crippen LogP contribution in [0.15, 0.2) is 79.4 Å². The second kappa shape index (κ2) is 13.1. The molecule has 0 amide bonds. The summed E-state index contributed by atoms with van der Waals surface area (Å²) in [5, 5.41) is 0. The van der Waals surface area contributed by atoms with Crippen LogP contribution < -0.4 is 14.2 Å². The first-order chi connectivity index (χ1) is 18.8. The highest BCUT2D eigenvalue weighted by molar-refractivity contribution is 5.91. The number of carbonyl (C=O) groups excluding carboxylic acids is 2. The molecule has 0 bridgehead atoms. The lowest BCUT2D eigenvalue weighted by molar-refractivity contribution is -0.137. The summed E-state index contributed by atoms with van der Waals surface area (Å²) in [6, 6.07) is 18.3. The van der Waals surface area contributed by atoms with Gasteiger partial charge in [-0.3, -0.25) is 0 Å². The summed E-state index contributed by atoms with van der Waals surface area (Å²) in [7, 11) is 0. The van der Waals surface area contributed by atoms with Gasteiger partial charge in [0, 0.05) is 11.5 Å². The van der Waals surface area contributed by atoms with E-state index in [9.17, 15) is 14.0 Å². The van der Waals surface area contributed by atoms with Gasteiger partial charge in [-0.15, -0.1) is 0 Å². The fourth-order valence-corrected chi connectivity index (χ4v) is 3.77. The zero-order chi connectivity index (χ0) is 27.7. The molecular weight excluding hydrogens is 503 g/mol. The topological polar surface area (TPSA) is 80.3 Å². The quantitative estimate of drug-likeness (QED) is 0.115. The van der Waals surface area contributed by atoms with E-state index in [2.05, 4.69) is 13.5 Å². The molecule has 1 saturated heterocycles. The normalized spacial score (nSPS) is 13.6. The first-order valence-corrected chi connectivity index (χ1v) is 12.7. The van der Waals surface area contributed by atoms with Crippen LogP contribution in [0.5, 0.6) is 17.2 Å². The Kier molecular flexibility index (Phi) is 9.33. The van der Waals surface area contributed by atoms with Crippen molar-refractivity contribution < 1.29 is 37.7 Å². The largest absolute Gasteiger partial charge is 0.494 e. The van der Waals surface area contributed by atoms with Crippen molar-refractivity contribution in [3.63, 3.8) is 0 Å². The van der Waals surface area contributed by atoms with Crippen molar-refractivity contribution in [1.29, 1.82) is 0 Å². The molecule has 0 spiro atoms. The first kappa shape index (κ1) is 27.9. The molecule has 3 aromatic rings. The van der Waals surface area contributed by atoms with Gasteiger partial charge in [-0.1, -0.05) is 31.7 Å². The maximum Gasteiger partial charge on any atom is 0.343 e. The van der Waals surface area contributed by atoms with Crippen molar-refractivity contribution in [2.75, 3.05) is 33.0 Å². The molecule has 1 aliphatic heterocycles. The SMILES string of the molecule is C=CC(=O)OCCCCOc1ccc(C(=O)Oc2ccc(-c3ccc(OCC4(C)COC4)cc3)cc2F)cc1. The van der Waals surface area contributed by atoms with Gasteiger partial charge in [-0.05, 0) is 72.5 Å². The van der Waals surface area contributed by atoms with E-state index in [1.807, 2.05) is 24.3 Å². The van der Waals surface area contributed by atoms with Gasteiger partial charge in [0.05, 0.1) is 38.6 Å². The van der Waals surface area contributed by atoms with Crippen LogP contribution in [-0.2, 0) is 14.3 Å². The minimum atomic E-state index is -0.677. The number of unbranched alkanes of at least 4 members (excludes halogenated alkanes) is 1. The molecule has 3 aromatic carbocycles. The molecular formula is C31H31FO7. The summed E-state index contributed by atoms with van der Waals surface area (Å²) in [5.74, 6) is -0.608. The Morgan fingerprint density at radius 2 is 1.56 bits per heavy atom. The Morgan fingerprint density at radius 3 is 2.21 bits per heavy atom. The number of rotatable bonds is 13. The summed E-state index contributed by atoms with van der Waals surface area (Å²) in [6.07, 6.45) is 2.47. The fourth-order valence-electron chi connectivity index (χ4n) is 3.77. The summed E-state index contributed by atoms with van der Waals surface area (Å²) in [5.41, 5.74) is 1.78. The van der Waals surface area contributed by atoms with E-state index in [4.69, 9.17) is 23.7 Å². The number of ether oxygens (including phenoxy) is 5. The third-order valence-electron chi connectivity index (χ3n) is 6.12. The van der Waals surface area contributed by atoms with Crippen LogP contribution in [0.2, 0.25) is 0 Å². The van der Waals surface area contributed by atoms with Gasteiger partial charge in [0.25, 0.3) is 0 Å². The number of hydrogen-bond donors (Lipinski definition) is 0. The lowest BCUT2D eigenvalue weighted by Gasteiger charge is -2.37. The molecule has 1 aliphatic rings. The summed E-state index contributed by atoms with van der Waals surface area (Å²) in [4.78, 5) is 23.5. The monoisotopic (exact) mass is 534 g/mol. The molecule has 0 saturated carbocycles. The molecule has 0 unspecified atom stereocenters. The number of benzene rings is 3. The van der Waals surface area contributed by atoms with Gasteiger partial charge in [0.1, 0.15) is 11.5 Å². The molecule has 39 heavy (non-hydrogen) atoms. The van der Waals surface area contributed by atoms with Gasteiger partial charge in [-0.2, -0.15) is 0 Å². The zero-order valence-electron chi connectivity index (χ0n) is 21.8. The van der Waals surface area contributed by atoms with E-state index in [0.29, 0.717) is 57.2 Å². The maximum absolute atomic E-state index is 14.8. The Labute approximate surface area is 227 Å². The second-order valence-corrected chi connectivity index (χ2v) is 9.60.